The smallest absolute Gasteiger partial charge is 0.335 e. The summed E-state index contributed by atoms with van der Waals surface area (Å²) in [6, 6.07) is 5.13. The van der Waals surface area contributed by atoms with Gasteiger partial charge in [-0.25, -0.2) is 14.6 Å². The lowest BCUT2D eigenvalue weighted by molar-refractivity contribution is 0.0686. The van der Waals surface area contributed by atoms with E-state index in [1.54, 1.807) is 0 Å². The highest BCUT2D eigenvalue weighted by Gasteiger charge is 2.11. The van der Waals surface area contributed by atoms with Crippen LogP contribution in [0.15, 0.2) is 30.5 Å². The first-order chi connectivity index (χ1) is 8.97. The fourth-order valence-electron chi connectivity index (χ4n) is 1.51. The van der Waals surface area contributed by atoms with Crippen LogP contribution in [0.5, 0.6) is 0 Å². The van der Waals surface area contributed by atoms with Crippen LogP contribution in [0.25, 0.3) is 11.4 Å². The Morgan fingerprint density at radius 3 is 2.26 bits per heavy atom. The first-order valence-electron chi connectivity index (χ1n) is 5.18. The van der Waals surface area contributed by atoms with E-state index in [9.17, 15) is 9.59 Å². The molecule has 4 N–H and O–H groups in total. The van der Waals surface area contributed by atoms with Crippen molar-refractivity contribution < 1.29 is 19.8 Å². The zero-order valence-electron chi connectivity index (χ0n) is 9.57. The number of aromatic carboxylic acids is 2. The van der Waals surface area contributed by atoms with Crippen molar-refractivity contribution >= 4 is 17.8 Å². The lowest BCUT2D eigenvalue weighted by Crippen LogP contribution is -2.03. The van der Waals surface area contributed by atoms with E-state index in [1.807, 2.05) is 0 Å². The highest BCUT2D eigenvalue weighted by Crippen LogP contribution is 2.19. The number of carbonyl (C=O) groups is 2. The second-order valence-corrected chi connectivity index (χ2v) is 3.71. The summed E-state index contributed by atoms with van der Waals surface area (Å²) < 4.78 is 0. The van der Waals surface area contributed by atoms with Gasteiger partial charge in [0.15, 0.2) is 0 Å². The summed E-state index contributed by atoms with van der Waals surface area (Å²) in [6.07, 6.45) is 1.31. The Balaban J connectivity index is 2.55. The van der Waals surface area contributed by atoms with Gasteiger partial charge in [-0.15, -0.1) is 0 Å². The van der Waals surface area contributed by atoms with Gasteiger partial charge >= 0.3 is 11.9 Å². The molecule has 19 heavy (non-hydrogen) atoms. The van der Waals surface area contributed by atoms with Gasteiger partial charge in [0.2, 0.25) is 0 Å². The Labute approximate surface area is 107 Å². The summed E-state index contributed by atoms with van der Waals surface area (Å²) in [5, 5.41) is 17.8. The normalized spacial score (nSPS) is 10.1. The number of carboxylic acids is 2. The maximum Gasteiger partial charge on any atom is 0.335 e. The van der Waals surface area contributed by atoms with E-state index in [0.29, 0.717) is 0 Å². The predicted molar refractivity (Wildman–Crippen MR) is 65.8 cm³/mol. The van der Waals surface area contributed by atoms with E-state index in [1.165, 1.54) is 30.5 Å². The largest absolute Gasteiger partial charge is 0.478 e. The van der Waals surface area contributed by atoms with E-state index in [-0.39, 0.29) is 28.3 Å². The van der Waals surface area contributed by atoms with Crippen molar-refractivity contribution in [3.63, 3.8) is 0 Å². The van der Waals surface area contributed by atoms with Crippen molar-refractivity contribution in [3.8, 4) is 11.4 Å². The van der Waals surface area contributed by atoms with Crippen LogP contribution in [0.3, 0.4) is 0 Å². The number of nitrogens with zero attached hydrogens (tertiary/aromatic N) is 2. The Morgan fingerprint density at radius 1 is 1.00 bits per heavy atom. The Hall–Kier alpha value is -2.96. The Kier molecular flexibility index (Phi) is 3.11. The third-order valence-corrected chi connectivity index (χ3v) is 2.36. The minimum Gasteiger partial charge on any atom is -0.478 e. The van der Waals surface area contributed by atoms with E-state index in [0.717, 1.165) is 0 Å². The molecule has 7 heteroatoms. The van der Waals surface area contributed by atoms with E-state index >= 15 is 0 Å². The Bertz CT molecular complexity index is 670. The van der Waals surface area contributed by atoms with Gasteiger partial charge in [0.25, 0.3) is 0 Å². The second-order valence-electron chi connectivity index (χ2n) is 3.71. The van der Waals surface area contributed by atoms with E-state index in [2.05, 4.69) is 9.97 Å². The lowest BCUT2D eigenvalue weighted by atomic mass is 10.1. The molecule has 0 aliphatic carbocycles. The molecular weight excluding hydrogens is 250 g/mol. The highest BCUT2D eigenvalue weighted by molar-refractivity contribution is 5.91. The molecule has 0 aliphatic rings. The van der Waals surface area contributed by atoms with Gasteiger partial charge in [-0.05, 0) is 24.3 Å². The molecule has 0 saturated heterocycles. The number of hydrogen-bond donors (Lipinski definition) is 3. The summed E-state index contributed by atoms with van der Waals surface area (Å²) in [5.74, 6) is -2.23. The zero-order chi connectivity index (χ0) is 14.0. The van der Waals surface area contributed by atoms with E-state index in [4.69, 9.17) is 15.9 Å². The van der Waals surface area contributed by atoms with Crippen molar-refractivity contribution in [2.75, 3.05) is 5.73 Å². The van der Waals surface area contributed by atoms with E-state index < -0.39 is 11.9 Å². The molecule has 0 amide bonds. The molecule has 0 bridgehead atoms. The SMILES string of the molecule is Nc1cc(C(=O)O)cc(-c2cc(C(=O)O)ccn2)n1. The first-order valence-corrected chi connectivity index (χ1v) is 5.18. The number of hydrogen-bond acceptors (Lipinski definition) is 5. The average molecular weight is 259 g/mol. The van der Waals surface area contributed by atoms with Gasteiger partial charge in [0.05, 0.1) is 22.5 Å². The molecule has 2 aromatic rings. The van der Waals surface area contributed by atoms with Gasteiger partial charge in [0.1, 0.15) is 5.82 Å². The van der Waals surface area contributed by atoms with Crippen molar-refractivity contribution in [1.29, 1.82) is 0 Å². The zero-order valence-corrected chi connectivity index (χ0v) is 9.57. The van der Waals surface area contributed by atoms with Gasteiger partial charge in [-0.3, -0.25) is 4.98 Å². The maximum atomic E-state index is 10.9. The number of rotatable bonds is 3. The van der Waals surface area contributed by atoms with Crippen LogP contribution in [0.4, 0.5) is 5.82 Å². The predicted octanol–water partition coefficient (Wildman–Crippen LogP) is 1.12. The minimum atomic E-state index is -1.15. The molecule has 7 nitrogen and oxygen atoms in total. The molecule has 0 atom stereocenters. The monoisotopic (exact) mass is 259 g/mol. The molecular formula is C12H9N3O4. The average Bonchev–Trinajstić information content (AvgIpc) is 2.38. The second kappa shape index (κ2) is 4.73. The number of aromatic nitrogens is 2. The van der Waals surface area contributed by atoms with Crippen LogP contribution in [-0.2, 0) is 0 Å². The summed E-state index contributed by atoms with van der Waals surface area (Å²) in [6.45, 7) is 0. The number of pyridine rings is 2. The number of anilines is 1. The number of nitrogen functional groups attached to an aromatic ring is 1. The molecule has 2 rings (SSSR count). The minimum absolute atomic E-state index is 0.0254. The van der Waals surface area contributed by atoms with Gasteiger partial charge < -0.3 is 15.9 Å². The topological polar surface area (TPSA) is 126 Å². The summed E-state index contributed by atoms with van der Waals surface area (Å²) in [7, 11) is 0. The first kappa shape index (κ1) is 12.5. The molecule has 96 valence electrons. The molecule has 0 aromatic carbocycles. The molecule has 0 saturated carbocycles. The van der Waals surface area contributed by atoms with Crippen molar-refractivity contribution in [3.05, 3.63) is 41.6 Å². The fraction of sp³-hybridized carbons (Fsp3) is 0. The summed E-state index contributed by atoms with van der Waals surface area (Å²) in [4.78, 5) is 29.7. The van der Waals surface area contributed by atoms with Crippen LogP contribution in [-0.4, -0.2) is 32.1 Å². The molecule has 0 aliphatic heterocycles. The standard InChI is InChI=1S/C12H9N3O4/c13-10-5-7(12(18)19)4-9(15-10)8-3-6(11(16)17)1-2-14-8/h1-5H,(H2,13,15)(H,16,17)(H,18,19). The highest BCUT2D eigenvalue weighted by atomic mass is 16.4. The third-order valence-electron chi connectivity index (χ3n) is 2.36. The molecule has 0 unspecified atom stereocenters. The number of carboxylic acid groups (broad SMARTS) is 2. The molecule has 2 aromatic heterocycles. The third kappa shape index (κ3) is 2.65. The van der Waals surface area contributed by atoms with Gasteiger partial charge in [-0.1, -0.05) is 0 Å². The van der Waals surface area contributed by atoms with Crippen LogP contribution in [0.2, 0.25) is 0 Å². The maximum absolute atomic E-state index is 10.9. The van der Waals surface area contributed by atoms with Crippen molar-refractivity contribution in [1.82, 2.24) is 9.97 Å². The molecule has 2 heterocycles. The van der Waals surface area contributed by atoms with Gasteiger partial charge in [0, 0.05) is 6.20 Å². The summed E-state index contributed by atoms with van der Waals surface area (Å²) >= 11 is 0. The fourth-order valence-corrected chi connectivity index (χ4v) is 1.51. The quantitative estimate of drug-likeness (QED) is 0.753. The Morgan fingerprint density at radius 2 is 1.63 bits per heavy atom. The van der Waals surface area contributed by atoms with Crippen LogP contribution < -0.4 is 5.73 Å². The molecule has 0 fully saturated rings. The summed E-state index contributed by atoms with van der Waals surface area (Å²) in [5.41, 5.74) is 5.96. The molecule has 0 radical (unpaired) electrons. The van der Waals surface area contributed by atoms with Crippen LogP contribution in [0.1, 0.15) is 20.7 Å². The lowest BCUT2D eigenvalue weighted by Gasteiger charge is -2.04. The van der Waals surface area contributed by atoms with Crippen molar-refractivity contribution in [2.45, 2.75) is 0 Å². The van der Waals surface area contributed by atoms with Crippen LogP contribution in [0, 0.1) is 0 Å². The number of nitrogens with two attached hydrogens (primary N) is 1. The van der Waals surface area contributed by atoms with Crippen molar-refractivity contribution in [2.24, 2.45) is 0 Å². The van der Waals surface area contributed by atoms with Crippen LogP contribution >= 0.6 is 0 Å². The molecule has 0 spiro atoms. The van der Waals surface area contributed by atoms with Gasteiger partial charge in [-0.2, -0.15) is 0 Å².